The summed E-state index contributed by atoms with van der Waals surface area (Å²) >= 11 is 3.27. The molecule has 0 aliphatic heterocycles. The van der Waals surface area contributed by atoms with Crippen molar-refractivity contribution in [2.45, 2.75) is 20.0 Å². The molecule has 2 aromatic rings. The molecule has 0 saturated carbocycles. The van der Waals surface area contributed by atoms with Gasteiger partial charge in [0.2, 0.25) is 0 Å². The van der Waals surface area contributed by atoms with Gasteiger partial charge in [0, 0.05) is 10.0 Å². The van der Waals surface area contributed by atoms with E-state index in [1.807, 2.05) is 0 Å². The number of amides is 2. The Hall–Kier alpha value is -2.67. The summed E-state index contributed by atoms with van der Waals surface area (Å²) in [5.41, 5.74) is 5.62. The van der Waals surface area contributed by atoms with E-state index in [9.17, 15) is 14.4 Å². The summed E-state index contributed by atoms with van der Waals surface area (Å²) in [6.07, 6.45) is -0.831. The van der Waals surface area contributed by atoms with Crippen molar-refractivity contribution in [3.8, 4) is 5.75 Å². The second-order valence-electron chi connectivity index (χ2n) is 5.26. The van der Waals surface area contributed by atoms with Crippen molar-refractivity contribution in [2.24, 2.45) is 0 Å². The first-order chi connectivity index (χ1) is 11.9. The zero-order valence-electron chi connectivity index (χ0n) is 13.7. The Balaban J connectivity index is 1.89. The maximum absolute atomic E-state index is 12.0. The number of hydrogen-bond donors (Lipinski definition) is 2. The predicted molar refractivity (Wildman–Crippen MR) is 96.3 cm³/mol. The Morgan fingerprint density at radius 2 is 1.64 bits per heavy atom. The van der Waals surface area contributed by atoms with Gasteiger partial charge in [-0.3, -0.25) is 25.2 Å². The molecule has 0 aliphatic rings. The lowest BCUT2D eigenvalue weighted by molar-refractivity contribution is -0.128. The minimum atomic E-state index is -0.831. The second-order valence-corrected chi connectivity index (χ2v) is 6.12. The van der Waals surface area contributed by atoms with Crippen LogP contribution < -0.4 is 15.6 Å². The lowest BCUT2D eigenvalue weighted by atomic mass is 10.1. The third-order valence-electron chi connectivity index (χ3n) is 3.36. The molecule has 2 rings (SSSR count). The second kappa shape index (κ2) is 8.43. The van der Waals surface area contributed by atoms with E-state index in [-0.39, 0.29) is 5.78 Å². The molecule has 7 heteroatoms. The third kappa shape index (κ3) is 5.15. The van der Waals surface area contributed by atoms with Crippen LogP contribution >= 0.6 is 15.9 Å². The first kappa shape index (κ1) is 18.7. The molecular weight excluding hydrogens is 388 g/mol. The molecule has 1 atom stereocenters. The predicted octanol–water partition coefficient (Wildman–Crippen LogP) is 2.88. The number of halogens is 1. The van der Waals surface area contributed by atoms with Crippen LogP contribution in [0.2, 0.25) is 0 Å². The highest BCUT2D eigenvalue weighted by atomic mass is 79.9. The number of nitrogens with one attached hydrogen (secondary N) is 2. The maximum atomic E-state index is 12.0. The highest BCUT2D eigenvalue weighted by molar-refractivity contribution is 9.10. The third-order valence-corrected chi connectivity index (χ3v) is 4.05. The van der Waals surface area contributed by atoms with E-state index in [1.54, 1.807) is 55.5 Å². The SMILES string of the molecule is CC(=O)c1ccc(OC(C)C(=O)NNC(=O)c2ccccc2Br)cc1. The monoisotopic (exact) mass is 404 g/mol. The van der Waals surface area contributed by atoms with E-state index in [0.29, 0.717) is 21.3 Å². The lowest BCUT2D eigenvalue weighted by Gasteiger charge is -2.15. The minimum Gasteiger partial charge on any atom is -0.481 e. The number of ether oxygens (including phenoxy) is 1. The summed E-state index contributed by atoms with van der Waals surface area (Å²) in [7, 11) is 0. The van der Waals surface area contributed by atoms with Gasteiger partial charge < -0.3 is 4.74 Å². The van der Waals surface area contributed by atoms with Crippen molar-refractivity contribution in [1.82, 2.24) is 10.9 Å². The molecular formula is C18H17BrN2O4. The fraction of sp³-hybridized carbons (Fsp3) is 0.167. The molecule has 0 aromatic heterocycles. The van der Waals surface area contributed by atoms with Crippen LogP contribution in [0.5, 0.6) is 5.75 Å². The van der Waals surface area contributed by atoms with Gasteiger partial charge in [0.1, 0.15) is 5.75 Å². The van der Waals surface area contributed by atoms with Crippen LogP contribution in [0.25, 0.3) is 0 Å². The van der Waals surface area contributed by atoms with Gasteiger partial charge in [-0.2, -0.15) is 0 Å². The molecule has 0 bridgehead atoms. The fourth-order valence-corrected chi connectivity index (χ4v) is 2.42. The van der Waals surface area contributed by atoms with E-state index < -0.39 is 17.9 Å². The van der Waals surface area contributed by atoms with Crippen molar-refractivity contribution in [1.29, 1.82) is 0 Å². The minimum absolute atomic E-state index is 0.0490. The molecule has 2 amide bonds. The molecule has 130 valence electrons. The highest BCUT2D eigenvalue weighted by Crippen LogP contribution is 2.16. The summed E-state index contributed by atoms with van der Waals surface area (Å²) in [5, 5.41) is 0. The normalized spacial score (nSPS) is 11.3. The fourth-order valence-electron chi connectivity index (χ4n) is 1.96. The van der Waals surface area contributed by atoms with Gasteiger partial charge in [-0.1, -0.05) is 12.1 Å². The van der Waals surface area contributed by atoms with Crippen molar-refractivity contribution >= 4 is 33.5 Å². The molecule has 0 saturated heterocycles. The van der Waals surface area contributed by atoms with Crippen LogP contribution in [0.4, 0.5) is 0 Å². The van der Waals surface area contributed by atoms with Crippen molar-refractivity contribution in [3.63, 3.8) is 0 Å². The van der Waals surface area contributed by atoms with Crippen LogP contribution in [-0.4, -0.2) is 23.7 Å². The average Bonchev–Trinajstić information content (AvgIpc) is 2.60. The molecule has 0 heterocycles. The molecule has 0 fully saturated rings. The Morgan fingerprint density at radius 3 is 2.24 bits per heavy atom. The van der Waals surface area contributed by atoms with E-state index in [0.717, 1.165) is 0 Å². The van der Waals surface area contributed by atoms with E-state index >= 15 is 0 Å². The van der Waals surface area contributed by atoms with Gasteiger partial charge >= 0.3 is 0 Å². The summed E-state index contributed by atoms with van der Waals surface area (Å²) in [5.74, 6) is -0.549. The quantitative estimate of drug-likeness (QED) is 0.592. The van der Waals surface area contributed by atoms with Gasteiger partial charge in [-0.05, 0) is 66.2 Å². The van der Waals surface area contributed by atoms with Gasteiger partial charge in [0.15, 0.2) is 11.9 Å². The lowest BCUT2D eigenvalue weighted by Crippen LogP contribution is -2.47. The Kier molecular flexibility index (Phi) is 6.30. The van der Waals surface area contributed by atoms with Crippen LogP contribution in [0, 0.1) is 0 Å². The van der Waals surface area contributed by atoms with Crippen LogP contribution in [-0.2, 0) is 4.79 Å². The number of Topliss-reactive ketones (excluding diaryl/α,β-unsaturated/α-hetero) is 1. The van der Waals surface area contributed by atoms with Crippen molar-refractivity contribution < 1.29 is 19.1 Å². The molecule has 25 heavy (non-hydrogen) atoms. The molecule has 0 aliphatic carbocycles. The molecule has 1 unspecified atom stereocenters. The molecule has 2 N–H and O–H groups in total. The summed E-state index contributed by atoms with van der Waals surface area (Å²) in [4.78, 5) is 35.3. The van der Waals surface area contributed by atoms with Crippen LogP contribution in [0.3, 0.4) is 0 Å². The standard InChI is InChI=1S/C18H17BrN2O4/c1-11(22)13-7-9-14(10-8-13)25-12(2)17(23)20-21-18(24)15-5-3-4-6-16(15)19/h3-10,12H,1-2H3,(H,20,23)(H,21,24). The number of rotatable bonds is 5. The number of ketones is 1. The smallest absolute Gasteiger partial charge is 0.279 e. The first-order valence-corrected chi connectivity index (χ1v) is 8.30. The summed E-state index contributed by atoms with van der Waals surface area (Å²) in [6.45, 7) is 3.03. The number of benzene rings is 2. The Bertz CT molecular complexity index is 790. The summed E-state index contributed by atoms with van der Waals surface area (Å²) in [6, 6.07) is 13.3. The van der Waals surface area contributed by atoms with Gasteiger partial charge in [-0.25, -0.2) is 0 Å². The summed E-state index contributed by atoms with van der Waals surface area (Å²) < 4.78 is 6.11. The first-order valence-electron chi connectivity index (χ1n) is 7.51. The zero-order valence-corrected chi connectivity index (χ0v) is 15.3. The van der Waals surface area contributed by atoms with Gasteiger partial charge in [0.25, 0.3) is 11.8 Å². The topological polar surface area (TPSA) is 84.5 Å². The number of hydrazine groups is 1. The number of carbonyl (C=O) groups is 3. The van der Waals surface area contributed by atoms with Crippen LogP contribution in [0.1, 0.15) is 34.6 Å². The largest absolute Gasteiger partial charge is 0.481 e. The van der Waals surface area contributed by atoms with Gasteiger partial charge in [-0.15, -0.1) is 0 Å². The van der Waals surface area contributed by atoms with Crippen LogP contribution in [0.15, 0.2) is 53.0 Å². The van der Waals surface area contributed by atoms with Gasteiger partial charge in [0.05, 0.1) is 5.56 Å². The van der Waals surface area contributed by atoms with E-state index in [1.165, 1.54) is 6.92 Å². The van der Waals surface area contributed by atoms with Crippen molar-refractivity contribution in [3.05, 3.63) is 64.1 Å². The Morgan fingerprint density at radius 1 is 1.00 bits per heavy atom. The van der Waals surface area contributed by atoms with E-state index in [4.69, 9.17) is 4.74 Å². The van der Waals surface area contributed by atoms with Crippen molar-refractivity contribution in [2.75, 3.05) is 0 Å². The molecule has 2 aromatic carbocycles. The molecule has 0 radical (unpaired) electrons. The number of hydrogen-bond acceptors (Lipinski definition) is 4. The Labute approximate surface area is 153 Å². The number of carbonyl (C=O) groups excluding carboxylic acids is 3. The molecule has 0 spiro atoms. The highest BCUT2D eigenvalue weighted by Gasteiger charge is 2.16. The maximum Gasteiger partial charge on any atom is 0.279 e. The average molecular weight is 405 g/mol. The van der Waals surface area contributed by atoms with E-state index in [2.05, 4.69) is 26.8 Å². The zero-order chi connectivity index (χ0) is 18.4. The molecule has 6 nitrogen and oxygen atoms in total.